The number of hydrogen-bond donors (Lipinski definition) is 1. The van der Waals surface area contributed by atoms with E-state index >= 15 is 0 Å². The van der Waals surface area contributed by atoms with E-state index in [9.17, 15) is 0 Å². The van der Waals surface area contributed by atoms with Crippen LogP contribution in [0.3, 0.4) is 0 Å². The van der Waals surface area contributed by atoms with Gasteiger partial charge < -0.3 is 5.73 Å². The fourth-order valence-corrected chi connectivity index (χ4v) is 3.01. The van der Waals surface area contributed by atoms with Crippen LogP contribution in [-0.2, 0) is 13.0 Å². The zero-order valence-electron chi connectivity index (χ0n) is 14.5. The molecule has 7 heteroatoms. The standard InChI is InChI=1S/C19H22ClN5.ClH/c20-18-7-6-17(19(12-18)25-15-22-14-23-25)13-24(11-9-21)10-8-16-4-2-1-3-5-16;/h1-7,12,14-15H,8-11,13,21H2;1H. The molecular weight excluding hydrogens is 369 g/mol. The topological polar surface area (TPSA) is 60.0 Å². The SMILES string of the molecule is Cl.NCCN(CCc1ccccc1)Cc1ccc(Cl)cc1-n1cncn1. The van der Waals surface area contributed by atoms with Crippen LogP contribution in [0, 0.1) is 0 Å². The summed E-state index contributed by atoms with van der Waals surface area (Å²) in [6.07, 6.45) is 4.21. The molecular formula is C19H23Cl2N5. The zero-order valence-corrected chi connectivity index (χ0v) is 16.0. The van der Waals surface area contributed by atoms with Gasteiger partial charge in [0.15, 0.2) is 0 Å². The molecule has 0 saturated carbocycles. The molecule has 0 spiro atoms. The molecule has 3 rings (SSSR count). The van der Waals surface area contributed by atoms with Gasteiger partial charge in [-0.3, -0.25) is 4.90 Å². The van der Waals surface area contributed by atoms with Crippen LogP contribution in [0.5, 0.6) is 0 Å². The number of nitrogens with zero attached hydrogens (tertiary/aromatic N) is 4. The Labute approximate surface area is 165 Å². The van der Waals surface area contributed by atoms with Crippen LogP contribution in [0.1, 0.15) is 11.1 Å². The molecule has 1 heterocycles. The molecule has 2 aromatic carbocycles. The second-order valence-electron chi connectivity index (χ2n) is 5.91. The lowest BCUT2D eigenvalue weighted by Gasteiger charge is -2.23. The van der Waals surface area contributed by atoms with Crippen LogP contribution < -0.4 is 5.73 Å². The number of nitrogens with two attached hydrogens (primary N) is 1. The molecule has 0 aliphatic heterocycles. The average molecular weight is 392 g/mol. The average Bonchev–Trinajstić information content (AvgIpc) is 3.17. The minimum atomic E-state index is 0. The summed E-state index contributed by atoms with van der Waals surface area (Å²) in [7, 11) is 0. The fraction of sp³-hybridized carbons (Fsp3) is 0.263. The van der Waals surface area contributed by atoms with Gasteiger partial charge in [-0.15, -0.1) is 12.4 Å². The van der Waals surface area contributed by atoms with Crippen LogP contribution in [0.2, 0.25) is 5.02 Å². The highest BCUT2D eigenvalue weighted by Crippen LogP contribution is 2.21. The smallest absolute Gasteiger partial charge is 0.138 e. The minimum Gasteiger partial charge on any atom is -0.329 e. The third-order valence-corrected chi connectivity index (χ3v) is 4.35. The molecule has 3 aromatic rings. The van der Waals surface area contributed by atoms with E-state index < -0.39 is 0 Å². The Hall–Kier alpha value is -1.92. The van der Waals surface area contributed by atoms with Gasteiger partial charge in [-0.2, -0.15) is 5.10 Å². The Morgan fingerprint density at radius 2 is 1.88 bits per heavy atom. The molecule has 5 nitrogen and oxygen atoms in total. The van der Waals surface area contributed by atoms with Crippen molar-refractivity contribution in [2.45, 2.75) is 13.0 Å². The second-order valence-corrected chi connectivity index (χ2v) is 6.35. The first-order valence-corrected chi connectivity index (χ1v) is 8.74. The molecule has 26 heavy (non-hydrogen) atoms. The zero-order chi connectivity index (χ0) is 17.5. The number of benzene rings is 2. The third kappa shape index (κ3) is 5.54. The van der Waals surface area contributed by atoms with Crippen molar-refractivity contribution in [2.24, 2.45) is 5.73 Å². The number of rotatable bonds is 8. The molecule has 0 aliphatic rings. The van der Waals surface area contributed by atoms with Crippen molar-refractivity contribution >= 4 is 24.0 Å². The highest BCUT2D eigenvalue weighted by molar-refractivity contribution is 6.30. The van der Waals surface area contributed by atoms with Gasteiger partial charge in [0.2, 0.25) is 0 Å². The Morgan fingerprint density at radius 3 is 2.58 bits per heavy atom. The van der Waals surface area contributed by atoms with Crippen molar-refractivity contribution < 1.29 is 0 Å². The van der Waals surface area contributed by atoms with E-state index in [1.54, 1.807) is 11.0 Å². The molecule has 0 aliphatic carbocycles. The molecule has 0 fully saturated rings. The summed E-state index contributed by atoms with van der Waals surface area (Å²) in [5.41, 5.74) is 9.25. The summed E-state index contributed by atoms with van der Waals surface area (Å²) in [6, 6.07) is 16.4. The van der Waals surface area contributed by atoms with Crippen molar-refractivity contribution in [3.8, 4) is 5.69 Å². The van der Waals surface area contributed by atoms with E-state index in [2.05, 4.69) is 39.2 Å². The Bertz CT molecular complexity index is 778. The summed E-state index contributed by atoms with van der Waals surface area (Å²) < 4.78 is 1.75. The van der Waals surface area contributed by atoms with Crippen LogP contribution >= 0.6 is 24.0 Å². The van der Waals surface area contributed by atoms with E-state index in [1.165, 1.54) is 11.9 Å². The van der Waals surface area contributed by atoms with E-state index in [1.807, 2.05) is 24.3 Å². The molecule has 0 atom stereocenters. The Morgan fingerprint density at radius 1 is 1.08 bits per heavy atom. The lowest BCUT2D eigenvalue weighted by Crippen LogP contribution is -2.31. The van der Waals surface area contributed by atoms with Crippen molar-refractivity contribution in [2.75, 3.05) is 19.6 Å². The molecule has 0 amide bonds. The lowest BCUT2D eigenvalue weighted by atomic mass is 10.1. The predicted octanol–water partition coefficient (Wildman–Crippen LogP) is 3.35. The van der Waals surface area contributed by atoms with Crippen molar-refractivity contribution in [3.63, 3.8) is 0 Å². The normalized spacial score (nSPS) is 10.7. The molecule has 138 valence electrons. The van der Waals surface area contributed by atoms with Crippen molar-refractivity contribution in [3.05, 3.63) is 77.3 Å². The largest absolute Gasteiger partial charge is 0.329 e. The van der Waals surface area contributed by atoms with Crippen molar-refractivity contribution in [1.82, 2.24) is 19.7 Å². The van der Waals surface area contributed by atoms with Gasteiger partial charge in [0.25, 0.3) is 0 Å². The molecule has 0 bridgehead atoms. The van der Waals surface area contributed by atoms with Gasteiger partial charge in [-0.05, 0) is 29.7 Å². The maximum atomic E-state index is 6.18. The fourth-order valence-electron chi connectivity index (χ4n) is 2.84. The van der Waals surface area contributed by atoms with Gasteiger partial charge >= 0.3 is 0 Å². The van der Waals surface area contributed by atoms with Crippen molar-refractivity contribution in [1.29, 1.82) is 0 Å². The van der Waals surface area contributed by atoms with E-state index in [4.69, 9.17) is 17.3 Å². The number of halogens is 2. The number of aromatic nitrogens is 3. The quantitative estimate of drug-likeness (QED) is 0.639. The first kappa shape index (κ1) is 20.4. The van der Waals surface area contributed by atoms with E-state index in [-0.39, 0.29) is 12.4 Å². The summed E-state index contributed by atoms with van der Waals surface area (Å²) >= 11 is 6.18. The second kappa shape index (κ2) is 10.3. The number of hydrogen-bond acceptors (Lipinski definition) is 4. The molecule has 2 N–H and O–H groups in total. The minimum absolute atomic E-state index is 0. The lowest BCUT2D eigenvalue weighted by molar-refractivity contribution is 0.276. The molecule has 0 radical (unpaired) electrons. The summed E-state index contributed by atoms with van der Waals surface area (Å²) in [5, 5.41) is 4.92. The summed E-state index contributed by atoms with van der Waals surface area (Å²) in [4.78, 5) is 6.39. The monoisotopic (exact) mass is 391 g/mol. The molecule has 0 unspecified atom stereocenters. The van der Waals surface area contributed by atoms with Gasteiger partial charge in [0, 0.05) is 31.2 Å². The van der Waals surface area contributed by atoms with Crippen LogP contribution in [-0.4, -0.2) is 39.3 Å². The predicted molar refractivity (Wildman–Crippen MR) is 108 cm³/mol. The van der Waals surface area contributed by atoms with E-state index in [0.717, 1.165) is 37.3 Å². The first-order chi connectivity index (χ1) is 12.3. The van der Waals surface area contributed by atoms with Gasteiger partial charge in [-0.25, -0.2) is 9.67 Å². The third-order valence-electron chi connectivity index (χ3n) is 4.11. The Kier molecular flexibility index (Phi) is 8.06. The highest BCUT2D eigenvalue weighted by Gasteiger charge is 2.11. The van der Waals surface area contributed by atoms with Crippen LogP contribution in [0.15, 0.2) is 61.2 Å². The van der Waals surface area contributed by atoms with Gasteiger partial charge in [-0.1, -0.05) is 48.0 Å². The van der Waals surface area contributed by atoms with Crippen LogP contribution in [0.25, 0.3) is 5.69 Å². The van der Waals surface area contributed by atoms with E-state index in [0.29, 0.717) is 11.6 Å². The van der Waals surface area contributed by atoms with Gasteiger partial charge in [0.05, 0.1) is 5.69 Å². The Balaban J connectivity index is 0.00000243. The van der Waals surface area contributed by atoms with Crippen LogP contribution in [0.4, 0.5) is 0 Å². The van der Waals surface area contributed by atoms with Gasteiger partial charge in [0.1, 0.15) is 12.7 Å². The maximum absolute atomic E-state index is 6.18. The summed E-state index contributed by atoms with van der Waals surface area (Å²) in [5.74, 6) is 0. The molecule has 0 saturated heterocycles. The highest BCUT2D eigenvalue weighted by atomic mass is 35.5. The summed E-state index contributed by atoms with van der Waals surface area (Å²) in [6.45, 7) is 3.20. The molecule has 1 aromatic heterocycles. The maximum Gasteiger partial charge on any atom is 0.138 e. The first-order valence-electron chi connectivity index (χ1n) is 8.36.